The van der Waals surface area contributed by atoms with E-state index in [1.165, 1.54) is 37.5 Å². The summed E-state index contributed by atoms with van der Waals surface area (Å²) in [5, 5.41) is 72.3. The van der Waals surface area contributed by atoms with Gasteiger partial charge in [0.05, 0.1) is 30.0 Å². The van der Waals surface area contributed by atoms with Crippen LogP contribution in [0.15, 0.2) is 36.6 Å². The van der Waals surface area contributed by atoms with Gasteiger partial charge in [-0.2, -0.15) is 0 Å². The molecule has 4 heterocycles. The maximum Gasteiger partial charge on any atom is 0.338 e. The number of carbonyl (C=O) groups excluding carboxylic acids is 2. The summed E-state index contributed by atoms with van der Waals surface area (Å²) in [7, 11) is 0. The SMILES string of the molecule is CC(=O)OC[C@H]1O[C@@H](O[C@@H]2OC=CC3C2[C@@]2(COC(=O)c4ccc(O)cc4)O[C@H]2[C@H]3O[C@@H]2O[C@H](C)[C@H](O)[C@@H](O)[C@@H]2O)[C@H](O)[C@@H](O)[C@@H]1O. The second-order valence-corrected chi connectivity index (χ2v) is 12.3. The molecular weight excluding hydrogens is 632 g/mol. The van der Waals surface area contributed by atoms with Gasteiger partial charge in [0, 0.05) is 12.8 Å². The molecule has 260 valence electrons. The van der Waals surface area contributed by atoms with Crippen LogP contribution < -0.4 is 0 Å². The zero-order valence-corrected chi connectivity index (χ0v) is 25.3. The largest absolute Gasteiger partial charge is 0.508 e. The topological polar surface area (TPSA) is 253 Å². The van der Waals surface area contributed by atoms with E-state index in [0.29, 0.717) is 0 Å². The van der Waals surface area contributed by atoms with E-state index in [1.54, 1.807) is 6.08 Å². The van der Waals surface area contributed by atoms with Crippen molar-refractivity contribution in [2.45, 2.75) is 99.4 Å². The van der Waals surface area contributed by atoms with Crippen molar-refractivity contribution < 1.29 is 83.2 Å². The fourth-order valence-electron chi connectivity index (χ4n) is 6.62. The molecule has 0 aromatic heterocycles. The van der Waals surface area contributed by atoms with Crippen molar-refractivity contribution in [1.29, 1.82) is 0 Å². The lowest BCUT2D eigenvalue weighted by atomic mass is 9.85. The Morgan fingerprint density at radius 1 is 0.830 bits per heavy atom. The molecule has 0 bridgehead atoms. The molecule has 0 amide bonds. The molecule has 3 saturated heterocycles. The number of rotatable bonds is 9. The number of hydrogen-bond acceptors (Lipinski definition) is 17. The lowest BCUT2D eigenvalue weighted by Gasteiger charge is -2.44. The van der Waals surface area contributed by atoms with Crippen LogP contribution in [0.25, 0.3) is 0 Å². The molecule has 1 aromatic carbocycles. The first kappa shape index (κ1) is 33.9. The van der Waals surface area contributed by atoms with Crippen LogP contribution in [0.3, 0.4) is 0 Å². The second-order valence-electron chi connectivity index (χ2n) is 12.3. The Bertz CT molecular complexity index is 1320. The minimum absolute atomic E-state index is 0.0468. The van der Waals surface area contributed by atoms with Crippen molar-refractivity contribution in [2.75, 3.05) is 13.2 Å². The highest BCUT2D eigenvalue weighted by Gasteiger charge is 2.77. The number of hydrogen-bond donors (Lipinski definition) is 7. The standard InChI is InChI=1S/C30H38O17/c1-11-18(33)20(35)22(37)28(43-11)45-24-15-7-8-40-27(46-29-23(38)21(36)19(34)16(44-29)9-41-12(2)31)17(15)30(25(24)47-30)10-42-26(39)13-3-5-14(32)6-4-13/h3-8,11,15-25,27-29,32-38H,9-10H2,1-2H3/t11-,15?,16-,17?,18+,19-,20-,21+,22+,23-,24+,25+,27+,28+,29+,30-/m1/s1. The van der Waals surface area contributed by atoms with Gasteiger partial charge >= 0.3 is 11.9 Å². The van der Waals surface area contributed by atoms with Crippen LogP contribution in [0.1, 0.15) is 24.2 Å². The zero-order valence-electron chi connectivity index (χ0n) is 25.3. The summed E-state index contributed by atoms with van der Waals surface area (Å²) in [4.78, 5) is 24.3. The summed E-state index contributed by atoms with van der Waals surface area (Å²) in [6.07, 6.45) is -14.9. The molecule has 2 unspecified atom stereocenters. The van der Waals surface area contributed by atoms with Gasteiger partial charge in [0.25, 0.3) is 0 Å². The van der Waals surface area contributed by atoms with Crippen LogP contribution in [0.5, 0.6) is 5.75 Å². The Hall–Kier alpha value is -2.94. The number of phenols is 1. The second kappa shape index (κ2) is 13.2. The molecule has 47 heavy (non-hydrogen) atoms. The fourth-order valence-corrected chi connectivity index (χ4v) is 6.62. The molecule has 17 nitrogen and oxygen atoms in total. The number of esters is 2. The average Bonchev–Trinajstić information content (AvgIpc) is 3.71. The van der Waals surface area contributed by atoms with Crippen LogP contribution in [0.2, 0.25) is 0 Å². The highest BCUT2D eigenvalue weighted by molar-refractivity contribution is 5.89. The zero-order chi connectivity index (χ0) is 33.8. The number of ether oxygens (including phenoxy) is 8. The molecule has 1 aliphatic carbocycles. The van der Waals surface area contributed by atoms with Gasteiger partial charge in [-0.1, -0.05) is 0 Å². The number of fused-ring (bicyclic) bond motifs is 3. The van der Waals surface area contributed by atoms with E-state index in [1.807, 2.05) is 0 Å². The fraction of sp³-hybridized carbons (Fsp3) is 0.667. The molecule has 6 rings (SSSR count). The predicted octanol–water partition coefficient (Wildman–Crippen LogP) is -2.60. The number of aliphatic hydroxyl groups is 6. The van der Waals surface area contributed by atoms with Gasteiger partial charge in [0.1, 0.15) is 73.4 Å². The van der Waals surface area contributed by atoms with Gasteiger partial charge in [0.15, 0.2) is 12.6 Å². The van der Waals surface area contributed by atoms with E-state index in [-0.39, 0.29) is 17.9 Å². The van der Waals surface area contributed by atoms with E-state index < -0.39 is 116 Å². The number of phenolic OH excluding ortho intramolecular Hbond substituents is 1. The van der Waals surface area contributed by atoms with Crippen LogP contribution in [0, 0.1) is 11.8 Å². The van der Waals surface area contributed by atoms with Gasteiger partial charge < -0.3 is 73.6 Å². The van der Waals surface area contributed by atoms with Crippen LogP contribution in [0.4, 0.5) is 0 Å². The summed E-state index contributed by atoms with van der Waals surface area (Å²) in [6.45, 7) is 1.86. The van der Waals surface area contributed by atoms with Gasteiger partial charge in [0.2, 0.25) is 6.29 Å². The molecule has 1 aromatic rings. The van der Waals surface area contributed by atoms with Crippen molar-refractivity contribution in [2.24, 2.45) is 11.8 Å². The quantitative estimate of drug-likeness (QED) is 0.105. The van der Waals surface area contributed by atoms with E-state index >= 15 is 0 Å². The van der Waals surface area contributed by atoms with E-state index in [9.17, 15) is 45.3 Å². The van der Waals surface area contributed by atoms with Crippen LogP contribution in [-0.2, 0) is 42.7 Å². The first-order valence-electron chi connectivity index (χ1n) is 15.1. The molecule has 7 N–H and O–H groups in total. The summed E-state index contributed by atoms with van der Waals surface area (Å²) in [5.74, 6) is -2.90. The molecule has 16 atom stereocenters. The van der Waals surface area contributed by atoms with Crippen molar-refractivity contribution in [3.63, 3.8) is 0 Å². The van der Waals surface area contributed by atoms with Crippen molar-refractivity contribution in [3.8, 4) is 5.75 Å². The predicted molar refractivity (Wildman–Crippen MR) is 149 cm³/mol. The third-order valence-corrected chi connectivity index (χ3v) is 9.25. The Morgan fingerprint density at radius 2 is 1.49 bits per heavy atom. The normalized spacial score (nSPS) is 45.3. The number of aromatic hydroxyl groups is 1. The monoisotopic (exact) mass is 670 g/mol. The van der Waals surface area contributed by atoms with Gasteiger partial charge in [-0.05, 0) is 37.3 Å². The Balaban J connectivity index is 1.24. The number of benzene rings is 1. The third-order valence-electron chi connectivity index (χ3n) is 9.25. The lowest BCUT2D eigenvalue weighted by Crippen LogP contribution is -2.61. The number of carbonyl (C=O) groups is 2. The van der Waals surface area contributed by atoms with Crippen molar-refractivity contribution >= 4 is 11.9 Å². The first-order valence-corrected chi connectivity index (χ1v) is 15.1. The molecule has 1 saturated carbocycles. The maximum atomic E-state index is 12.9. The van der Waals surface area contributed by atoms with Gasteiger partial charge in [-0.25, -0.2) is 4.79 Å². The summed E-state index contributed by atoms with van der Waals surface area (Å²) >= 11 is 0. The van der Waals surface area contributed by atoms with Gasteiger partial charge in [-0.3, -0.25) is 4.79 Å². The Kier molecular flexibility index (Phi) is 9.51. The highest BCUT2D eigenvalue weighted by atomic mass is 16.8. The molecule has 4 fully saturated rings. The highest BCUT2D eigenvalue weighted by Crippen LogP contribution is 2.61. The molecule has 0 spiro atoms. The Morgan fingerprint density at radius 3 is 2.17 bits per heavy atom. The van der Waals surface area contributed by atoms with Gasteiger partial charge in [-0.15, -0.1) is 0 Å². The smallest absolute Gasteiger partial charge is 0.338 e. The van der Waals surface area contributed by atoms with Crippen LogP contribution >= 0.6 is 0 Å². The van der Waals surface area contributed by atoms with Crippen molar-refractivity contribution in [3.05, 3.63) is 42.2 Å². The summed E-state index contributed by atoms with van der Waals surface area (Å²) < 4.78 is 46.0. The summed E-state index contributed by atoms with van der Waals surface area (Å²) in [6, 6.07) is 5.39. The third kappa shape index (κ3) is 6.33. The maximum absolute atomic E-state index is 12.9. The molecule has 5 aliphatic rings. The minimum atomic E-state index is -1.76. The number of aliphatic hydroxyl groups excluding tert-OH is 6. The van der Waals surface area contributed by atoms with E-state index in [0.717, 1.165) is 6.92 Å². The first-order chi connectivity index (χ1) is 22.3. The van der Waals surface area contributed by atoms with Crippen molar-refractivity contribution in [1.82, 2.24) is 0 Å². The average molecular weight is 671 g/mol. The molecule has 4 aliphatic heterocycles. The van der Waals surface area contributed by atoms with E-state index in [2.05, 4.69) is 0 Å². The van der Waals surface area contributed by atoms with E-state index in [4.69, 9.17) is 37.9 Å². The molecule has 17 heteroatoms. The molecule has 0 radical (unpaired) electrons. The Labute approximate surface area is 267 Å². The lowest BCUT2D eigenvalue weighted by molar-refractivity contribution is -0.347. The minimum Gasteiger partial charge on any atom is -0.508 e. The van der Waals surface area contributed by atoms with Crippen LogP contribution in [-0.4, -0.2) is 146 Å². The molecular formula is C30H38O17. The number of epoxide rings is 1. The summed E-state index contributed by atoms with van der Waals surface area (Å²) in [5.41, 5.74) is -1.16.